The van der Waals surface area contributed by atoms with Gasteiger partial charge in [0, 0.05) is 37.8 Å². The predicted octanol–water partition coefficient (Wildman–Crippen LogP) is 2.37. The lowest BCUT2D eigenvalue weighted by Gasteiger charge is -2.09. The minimum absolute atomic E-state index is 0.0629. The lowest BCUT2D eigenvalue weighted by molar-refractivity contribution is -0.119. The van der Waals surface area contributed by atoms with E-state index < -0.39 is 17.6 Å². The quantitative estimate of drug-likeness (QED) is 0.853. The second-order valence-corrected chi connectivity index (χ2v) is 5.19. The van der Waals surface area contributed by atoms with Crippen LogP contribution in [0.4, 0.5) is 8.78 Å². The van der Waals surface area contributed by atoms with Crippen LogP contribution in [0.3, 0.4) is 0 Å². The first-order valence-corrected chi connectivity index (χ1v) is 7.14. The molecule has 0 atom stereocenters. The molecule has 2 aromatic rings. The van der Waals surface area contributed by atoms with Gasteiger partial charge in [0.15, 0.2) is 0 Å². The number of carbonyl (C=O) groups excluding carboxylic acids is 2. The largest absolute Gasteiger partial charge is 0.465 e. The number of rotatable bonds is 5. The summed E-state index contributed by atoms with van der Waals surface area (Å²) >= 11 is 0. The van der Waals surface area contributed by atoms with E-state index in [9.17, 15) is 18.4 Å². The molecule has 0 saturated heterocycles. The second-order valence-electron chi connectivity index (χ2n) is 5.19. The van der Waals surface area contributed by atoms with Crippen molar-refractivity contribution in [3.05, 3.63) is 64.5 Å². The molecule has 0 bridgehead atoms. The summed E-state index contributed by atoms with van der Waals surface area (Å²) in [6, 6.07) is 3.65. The van der Waals surface area contributed by atoms with Crippen LogP contribution in [0, 0.1) is 11.6 Å². The molecule has 0 fully saturated rings. The van der Waals surface area contributed by atoms with Gasteiger partial charge in [-0.1, -0.05) is 0 Å². The summed E-state index contributed by atoms with van der Waals surface area (Å²) in [6.45, 7) is 1.21. The Morgan fingerprint density at radius 3 is 2.46 bits per heavy atom. The van der Waals surface area contributed by atoms with Crippen LogP contribution in [0.25, 0.3) is 0 Å². The Morgan fingerprint density at radius 1 is 1.12 bits per heavy atom. The number of nitrogens with one attached hydrogen (secondary N) is 1. The average Bonchev–Trinajstić information content (AvgIpc) is 2.56. The normalized spacial score (nSPS) is 10.3. The number of ether oxygens (including phenoxy) is 1. The van der Waals surface area contributed by atoms with Gasteiger partial charge < -0.3 is 10.1 Å². The third-order valence-corrected chi connectivity index (χ3v) is 3.35. The molecule has 1 aromatic heterocycles. The zero-order chi connectivity index (χ0) is 17.7. The van der Waals surface area contributed by atoms with Crippen LogP contribution in [0.5, 0.6) is 0 Å². The van der Waals surface area contributed by atoms with Gasteiger partial charge in [0.1, 0.15) is 11.6 Å². The monoisotopic (exact) mass is 334 g/mol. The highest BCUT2D eigenvalue weighted by molar-refractivity contribution is 5.89. The molecule has 0 spiro atoms. The molecule has 0 saturated carbocycles. The summed E-state index contributed by atoms with van der Waals surface area (Å²) in [6.07, 6.45) is 2.87. The van der Waals surface area contributed by atoms with Crippen molar-refractivity contribution in [2.45, 2.75) is 19.9 Å². The highest BCUT2D eigenvalue weighted by Gasteiger charge is 2.13. The van der Waals surface area contributed by atoms with Crippen molar-refractivity contribution in [3.63, 3.8) is 0 Å². The van der Waals surface area contributed by atoms with Crippen LogP contribution in [-0.4, -0.2) is 24.0 Å². The van der Waals surface area contributed by atoms with E-state index in [0.717, 1.165) is 12.1 Å². The number of pyridine rings is 1. The molecule has 1 heterocycles. The van der Waals surface area contributed by atoms with Gasteiger partial charge in [0.05, 0.1) is 12.7 Å². The number of hydrogen-bond acceptors (Lipinski definition) is 4. The van der Waals surface area contributed by atoms with Crippen LogP contribution in [0.2, 0.25) is 0 Å². The molecule has 7 heteroatoms. The Kier molecular flexibility index (Phi) is 5.57. The first kappa shape index (κ1) is 17.5. The van der Waals surface area contributed by atoms with E-state index in [4.69, 9.17) is 0 Å². The van der Waals surface area contributed by atoms with Crippen molar-refractivity contribution in [2.24, 2.45) is 0 Å². The van der Waals surface area contributed by atoms with Crippen LogP contribution < -0.4 is 5.32 Å². The molecule has 24 heavy (non-hydrogen) atoms. The Balaban J connectivity index is 2.22. The van der Waals surface area contributed by atoms with Crippen molar-refractivity contribution >= 4 is 11.9 Å². The van der Waals surface area contributed by atoms with Crippen molar-refractivity contribution in [2.75, 3.05) is 7.11 Å². The van der Waals surface area contributed by atoms with Gasteiger partial charge in [-0.2, -0.15) is 0 Å². The average molecular weight is 334 g/mol. The number of halogens is 2. The molecule has 1 N–H and O–H groups in total. The molecule has 1 amide bonds. The Labute approximate surface area is 137 Å². The number of benzene rings is 1. The minimum atomic E-state index is -0.614. The van der Waals surface area contributed by atoms with Crippen LogP contribution in [0.1, 0.15) is 34.0 Å². The molecule has 0 aliphatic carbocycles. The van der Waals surface area contributed by atoms with Gasteiger partial charge in [-0.3, -0.25) is 9.78 Å². The van der Waals surface area contributed by atoms with E-state index in [1.807, 2.05) is 0 Å². The number of aromatic nitrogens is 1. The van der Waals surface area contributed by atoms with Crippen LogP contribution >= 0.6 is 0 Å². The summed E-state index contributed by atoms with van der Waals surface area (Å²) in [7, 11) is 1.25. The number of methoxy groups -OCH3 is 1. The molecule has 0 aliphatic rings. The first-order chi connectivity index (χ1) is 11.4. The Morgan fingerprint density at radius 2 is 1.79 bits per heavy atom. The molecule has 2 rings (SSSR count). The topological polar surface area (TPSA) is 68.3 Å². The second kappa shape index (κ2) is 7.63. The molecule has 126 valence electrons. The maximum atomic E-state index is 14.2. The molecular formula is C17H16F2N2O3. The summed E-state index contributed by atoms with van der Waals surface area (Å²) in [5, 5.41) is 2.42. The van der Waals surface area contributed by atoms with Gasteiger partial charge in [0.25, 0.3) is 0 Å². The highest BCUT2D eigenvalue weighted by Crippen LogP contribution is 2.19. The zero-order valence-corrected chi connectivity index (χ0v) is 13.2. The number of carbonyl (C=O) groups is 2. The summed E-state index contributed by atoms with van der Waals surface area (Å²) in [5.41, 5.74) is 0.972. The van der Waals surface area contributed by atoms with Crippen molar-refractivity contribution < 1.29 is 23.1 Å². The fourth-order valence-electron chi connectivity index (χ4n) is 2.15. The first-order valence-electron chi connectivity index (χ1n) is 7.14. The third-order valence-electron chi connectivity index (χ3n) is 3.35. The SMILES string of the molecule is COC(=O)c1cncc(Cc2cc(F)c(CNC(C)=O)cc2F)c1. The number of hydrogen-bond donors (Lipinski definition) is 1. The Hall–Kier alpha value is -2.83. The minimum Gasteiger partial charge on any atom is -0.465 e. The predicted molar refractivity (Wildman–Crippen MR) is 82.3 cm³/mol. The molecule has 0 aliphatic heterocycles. The standard InChI is InChI=1S/C17H16F2N2O3/c1-10(22)21-9-13-6-15(18)12(5-16(13)19)3-11-4-14(8-20-7-11)17(23)24-2/h4-8H,3,9H2,1-2H3,(H,21,22). The van der Waals surface area contributed by atoms with E-state index in [1.165, 1.54) is 32.5 Å². The van der Waals surface area contributed by atoms with Crippen molar-refractivity contribution in [3.8, 4) is 0 Å². The lowest BCUT2D eigenvalue weighted by Crippen LogP contribution is -2.20. The fourth-order valence-corrected chi connectivity index (χ4v) is 2.15. The molecule has 0 unspecified atom stereocenters. The maximum Gasteiger partial charge on any atom is 0.339 e. The summed E-state index contributed by atoms with van der Waals surface area (Å²) in [4.78, 5) is 26.2. The van der Waals surface area contributed by atoms with E-state index in [-0.39, 0.29) is 35.6 Å². The van der Waals surface area contributed by atoms with Gasteiger partial charge >= 0.3 is 5.97 Å². The lowest BCUT2D eigenvalue weighted by atomic mass is 10.0. The van der Waals surface area contributed by atoms with E-state index in [1.54, 1.807) is 0 Å². The van der Waals surface area contributed by atoms with Crippen LogP contribution in [-0.2, 0) is 22.5 Å². The Bertz CT molecular complexity index is 778. The molecule has 1 aromatic carbocycles. The van der Waals surface area contributed by atoms with Crippen molar-refractivity contribution in [1.29, 1.82) is 0 Å². The number of esters is 1. The summed E-state index contributed by atoms with van der Waals surface area (Å²) in [5.74, 6) is -2.09. The molecule has 0 radical (unpaired) electrons. The fraction of sp³-hybridized carbons (Fsp3) is 0.235. The van der Waals surface area contributed by atoms with Crippen LogP contribution in [0.15, 0.2) is 30.6 Å². The van der Waals surface area contributed by atoms with Gasteiger partial charge in [-0.15, -0.1) is 0 Å². The van der Waals surface area contributed by atoms with E-state index in [2.05, 4.69) is 15.0 Å². The molecular weight excluding hydrogens is 318 g/mol. The smallest absolute Gasteiger partial charge is 0.339 e. The number of amides is 1. The summed E-state index contributed by atoms with van der Waals surface area (Å²) < 4.78 is 32.8. The van der Waals surface area contributed by atoms with Gasteiger partial charge in [0.2, 0.25) is 5.91 Å². The van der Waals surface area contributed by atoms with Gasteiger partial charge in [-0.25, -0.2) is 13.6 Å². The third kappa shape index (κ3) is 4.34. The number of nitrogens with zero attached hydrogens (tertiary/aromatic N) is 1. The zero-order valence-electron chi connectivity index (χ0n) is 13.2. The highest BCUT2D eigenvalue weighted by atomic mass is 19.1. The molecule has 5 nitrogen and oxygen atoms in total. The maximum absolute atomic E-state index is 14.2. The van der Waals surface area contributed by atoms with E-state index >= 15 is 0 Å². The van der Waals surface area contributed by atoms with E-state index in [0.29, 0.717) is 5.56 Å². The van der Waals surface area contributed by atoms with Crippen molar-refractivity contribution in [1.82, 2.24) is 10.3 Å². The van der Waals surface area contributed by atoms with Gasteiger partial charge in [-0.05, 0) is 29.3 Å².